The Kier molecular flexibility index (Phi) is 4.34. The van der Waals surface area contributed by atoms with Gasteiger partial charge < -0.3 is 9.80 Å². The van der Waals surface area contributed by atoms with E-state index in [1.807, 2.05) is 17.2 Å². The van der Waals surface area contributed by atoms with Gasteiger partial charge >= 0.3 is 0 Å². The van der Waals surface area contributed by atoms with Crippen LogP contribution in [0, 0.1) is 5.82 Å². The standard InChI is InChI=1S/C19H21FN4O/c20-16-4-2-1-3-15(16)13-18(25)24-11-9-23(10-12-24)17-7-8-21-19(22-17)14-5-6-14/h1-4,7-8,14H,5-6,9-13H2. The molecule has 0 unspecified atom stereocenters. The average molecular weight is 340 g/mol. The predicted octanol–water partition coefficient (Wildman–Crippen LogP) is 2.38. The number of hydrogen-bond acceptors (Lipinski definition) is 4. The first-order chi connectivity index (χ1) is 12.2. The summed E-state index contributed by atoms with van der Waals surface area (Å²) in [5, 5.41) is 0. The van der Waals surface area contributed by atoms with Gasteiger partial charge in [-0.3, -0.25) is 4.79 Å². The Morgan fingerprint density at radius 1 is 1.12 bits per heavy atom. The molecule has 2 aromatic rings. The molecule has 0 atom stereocenters. The minimum atomic E-state index is -0.317. The zero-order chi connectivity index (χ0) is 17.2. The van der Waals surface area contributed by atoms with Gasteiger partial charge in [0.1, 0.15) is 17.5 Å². The summed E-state index contributed by atoms with van der Waals surface area (Å²) in [6.45, 7) is 2.75. The Morgan fingerprint density at radius 3 is 2.60 bits per heavy atom. The van der Waals surface area contributed by atoms with E-state index in [-0.39, 0.29) is 18.1 Å². The summed E-state index contributed by atoms with van der Waals surface area (Å²) >= 11 is 0. The molecule has 0 bridgehead atoms. The number of hydrogen-bond donors (Lipinski definition) is 0. The second-order valence-corrected chi connectivity index (χ2v) is 6.68. The molecule has 2 fully saturated rings. The first kappa shape index (κ1) is 16.0. The number of rotatable bonds is 4. The van der Waals surface area contributed by atoms with Crippen LogP contribution in [0.1, 0.15) is 30.1 Å². The van der Waals surface area contributed by atoms with E-state index in [9.17, 15) is 9.18 Å². The monoisotopic (exact) mass is 340 g/mol. The number of carbonyl (C=O) groups excluding carboxylic acids is 1. The molecule has 0 spiro atoms. The van der Waals surface area contributed by atoms with Gasteiger partial charge in [-0.2, -0.15) is 0 Å². The molecule has 1 aliphatic carbocycles. The van der Waals surface area contributed by atoms with E-state index < -0.39 is 0 Å². The van der Waals surface area contributed by atoms with E-state index in [0.29, 0.717) is 24.6 Å². The lowest BCUT2D eigenvalue weighted by Crippen LogP contribution is -2.49. The molecule has 1 saturated heterocycles. The van der Waals surface area contributed by atoms with Crippen molar-refractivity contribution in [3.63, 3.8) is 0 Å². The van der Waals surface area contributed by atoms with Crippen LogP contribution in [0.2, 0.25) is 0 Å². The van der Waals surface area contributed by atoms with E-state index in [0.717, 1.165) is 24.7 Å². The van der Waals surface area contributed by atoms with E-state index in [1.54, 1.807) is 18.2 Å². The summed E-state index contributed by atoms with van der Waals surface area (Å²) in [5.41, 5.74) is 0.458. The maximum Gasteiger partial charge on any atom is 0.227 e. The van der Waals surface area contributed by atoms with Crippen molar-refractivity contribution in [2.75, 3.05) is 31.1 Å². The minimum Gasteiger partial charge on any atom is -0.353 e. The molecule has 4 rings (SSSR count). The van der Waals surface area contributed by atoms with Gasteiger partial charge in [0.05, 0.1) is 6.42 Å². The molecule has 25 heavy (non-hydrogen) atoms. The van der Waals surface area contributed by atoms with Crippen LogP contribution in [0.5, 0.6) is 0 Å². The smallest absolute Gasteiger partial charge is 0.227 e. The van der Waals surface area contributed by atoms with Crippen LogP contribution < -0.4 is 4.90 Å². The topological polar surface area (TPSA) is 49.3 Å². The molecule has 1 saturated carbocycles. The zero-order valence-electron chi connectivity index (χ0n) is 14.1. The van der Waals surface area contributed by atoms with Crippen molar-refractivity contribution in [1.82, 2.24) is 14.9 Å². The number of piperazine rings is 1. The van der Waals surface area contributed by atoms with Crippen LogP contribution in [0.3, 0.4) is 0 Å². The summed E-state index contributed by atoms with van der Waals surface area (Å²) < 4.78 is 13.7. The molecule has 1 aromatic carbocycles. The summed E-state index contributed by atoms with van der Waals surface area (Å²) in [6, 6.07) is 8.40. The first-order valence-electron chi connectivity index (χ1n) is 8.80. The van der Waals surface area contributed by atoms with Crippen LogP contribution in [0.4, 0.5) is 10.2 Å². The van der Waals surface area contributed by atoms with E-state index in [1.165, 1.54) is 18.9 Å². The highest BCUT2D eigenvalue weighted by atomic mass is 19.1. The van der Waals surface area contributed by atoms with Crippen molar-refractivity contribution >= 4 is 11.7 Å². The average Bonchev–Trinajstić information content (AvgIpc) is 3.49. The number of halogens is 1. The van der Waals surface area contributed by atoms with E-state index in [2.05, 4.69) is 14.9 Å². The summed E-state index contributed by atoms with van der Waals surface area (Å²) in [5.74, 6) is 2.08. The molecule has 2 heterocycles. The zero-order valence-corrected chi connectivity index (χ0v) is 14.1. The normalized spacial score (nSPS) is 17.6. The van der Waals surface area contributed by atoms with Crippen molar-refractivity contribution in [2.45, 2.75) is 25.2 Å². The molecule has 6 heteroatoms. The summed E-state index contributed by atoms with van der Waals surface area (Å²) in [4.78, 5) is 25.5. The van der Waals surface area contributed by atoms with Gasteiger partial charge in [0, 0.05) is 38.3 Å². The Bertz CT molecular complexity index is 770. The van der Waals surface area contributed by atoms with Crippen LogP contribution in [0.15, 0.2) is 36.5 Å². The lowest BCUT2D eigenvalue weighted by molar-refractivity contribution is -0.130. The third-order valence-corrected chi connectivity index (χ3v) is 4.86. The molecule has 130 valence electrons. The van der Waals surface area contributed by atoms with Gasteiger partial charge in [0.15, 0.2) is 0 Å². The first-order valence-corrected chi connectivity index (χ1v) is 8.80. The Hall–Kier alpha value is -2.50. The summed E-state index contributed by atoms with van der Waals surface area (Å²) in [6.07, 6.45) is 4.31. The largest absolute Gasteiger partial charge is 0.353 e. The number of carbonyl (C=O) groups is 1. The second kappa shape index (κ2) is 6.78. The van der Waals surface area contributed by atoms with Crippen LogP contribution in [0.25, 0.3) is 0 Å². The summed E-state index contributed by atoms with van der Waals surface area (Å²) in [7, 11) is 0. The van der Waals surface area contributed by atoms with Crippen LogP contribution in [-0.4, -0.2) is 47.0 Å². The highest BCUT2D eigenvalue weighted by Crippen LogP contribution is 2.38. The highest BCUT2D eigenvalue weighted by molar-refractivity contribution is 5.79. The Morgan fingerprint density at radius 2 is 1.88 bits per heavy atom. The SMILES string of the molecule is O=C(Cc1ccccc1F)N1CCN(c2ccnc(C3CC3)n2)CC1. The molecule has 1 aromatic heterocycles. The van der Waals surface area contributed by atoms with Gasteiger partial charge in [0.2, 0.25) is 5.91 Å². The van der Waals surface area contributed by atoms with Gasteiger partial charge in [-0.25, -0.2) is 14.4 Å². The maximum atomic E-state index is 13.7. The molecule has 0 radical (unpaired) electrons. The fourth-order valence-corrected chi connectivity index (χ4v) is 3.18. The number of benzene rings is 1. The number of nitrogens with zero attached hydrogens (tertiary/aromatic N) is 4. The predicted molar refractivity (Wildman–Crippen MR) is 92.9 cm³/mol. The molecule has 1 amide bonds. The van der Waals surface area contributed by atoms with Gasteiger partial charge in [0.25, 0.3) is 0 Å². The van der Waals surface area contributed by atoms with Gasteiger partial charge in [-0.15, -0.1) is 0 Å². The third-order valence-electron chi connectivity index (χ3n) is 4.86. The van der Waals surface area contributed by atoms with E-state index >= 15 is 0 Å². The fourth-order valence-electron chi connectivity index (χ4n) is 3.18. The number of aromatic nitrogens is 2. The van der Waals surface area contributed by atoms with Gasteiger partial charge in [-0.1, -0.05) is 18.2 Å². The highest BCUT2D eigenvalue weighted by Gasteiger charge is 2.28. The Labute approximate surface area is 146 Å². The van der Waals surface area contributed by atoms with Crippen LogP contribution in [-0.2, 0) is 11.2 Å². The second-order valence-electron chi connectivity index (χ2n) is 6.68. The van der Waals surface area contributed by atoms with Crippen molar-refractivity contribution in [2.24, 2.45) is 0 Å². The van der Waals surface area contributed by atoms with Crippen LogP contribution >= 0.6 is 0 Å². The van der Waals surface area contributed by atoms with E-state index in [4.69, 9.17) is 0 Å². The lowest BCUT2D eigenvalue weighted by atomic mass is 10.1. The molecule has 0 N–H and O–H groups in total. The fraction of sp³-hybridized carbons (Fsp3) is 0.421. The molecule has 5 nitrogen and oxygen atoms in total. The third kappa shape index (κ3) is 3.62. The number of anilines is 1. The Balaban J connectivity index is 1.35. The molecule has 1 aliphatic heterocycles. The minimum absolute atomic E-state index is 0.0221. The quantitative estimate of drug-likeness (QED) is 0.857. The van der Waals surface area contributed by atoms with Crippen molar-refractivity contribution in [3.05, 3.63) is 53.7 Å². The molecule has 2 aliphatic rings. The maximum absolute atomic E-state index is 13.7. The van der Waals surface area contributed by atoms with Crippen molar-refractivity contribution < 1.29 is 9.18 Å². The number of amides is 1. The molecular formula is C19H21FN4O. The van der Waals surface area contributed by atoms with Crippen molar-refractivity contribution in [1.29, 1.82) is 0 Å². The molecular weight excluding hydrogens is 319 g/mol. The lowest BCUT2D eigenvalue weighted by Gasteiger charge is -2.35. The van der Waals surface area contributed by atoms with Crippen molar-refractivity contribution in [3.8, 4) is 0 Å². The van der Waals surface area contributed by atoms with Gasteiger partial charge in [-0.05, 0) is 30.5 Å².